The highest BCUT2D eigenvalue weighted by Crippen LogP contribution is 2.36. The standard InChI is InChI=1S/C18H18F5N5O3/c1-24-15-9(18(21,22)23)8-25-17(27-15)26-11-7-10(19)12(13(20)14(11)30-2)16(29)28-3-5-31-6-4-28/h7-8H,3-6H2,1-2H3,(H2,24,25,26,27). The molecule has 2 heterocycles. The zero-order chi connectivity index (χ0) is 22.8. The number of methoxy groups -OCH3 is 1. The van der Waals surface area contributed by atoms with Crippen LogP contribution in [-0.4, -0.2) is 61.2 Å². The van der Waals surface area contributed by atoms with Gasteiger partial charge >= 0.3 is 6.18 Å². The van der Waals surface area contributed by atoms with Crippen molar-refractivity contribution in [1.82, 2.24) is 14.9 Å². The van der Waals surface area contributed by atoms with E-state index in [4.69, 9.17) is 9.47 Å². The van der Waals surface area contributed by atoms with Crippen molar-refractivity contribution in [1.29, 1.82) is 0 Å². The van der Waals surface area contributed by atoms with Gasteiger partial charge in [0.15, 0.2) is 11.6 Å². The summed E-state index contributed by atoms with van der Waals surface area (Å²) in [6, 6.07) is 0.787. The number of alkyl halides is 3. The van der Waals surface area contributed by atoms with Crippen LogP contribution in [0, 0.1) is 11.6 Å². The summed E-state index contributed by atoms with van der Waals surface area (Å²) in [5.41, 5.74) is -2.23. The van der Waals surface area contributed by atoms with E-state index in [-0.39, 0.29) is 37.9 Å². The molecule has 8 nitrogen and oxygen atoms in total. The summed E-state index contributed by atoms with van der Waals surface area (Å²) < 4.78 is 78.7. The summed E-state index contributed by atoms with van der Waals surface area (Å²) >= 11 is 0. The first-order valence-corrected chi connectivity index (χ1v) is 8.99. The Labute approximate surface area is 173 Å². The van der Waals surface area contributed by atoms with Crippen LogP contribution in [0.25, 0.3) is 0 Å². The minimum absolute atomic E-state index is 0.173. The fourth-order valence-corrected chi connectivity index (χ4v) is 2.97. The third kappa shape index (κ3) is 4.60. The van der Waals surface area contributed by atoms with Crippen LogP contribution in [0.5, 0.6) is 5.75 Å². The van der Waals surface area contributed by atoms with Crippen molar-refractivity contribution in [2.24, 2.45) is 0 Å². The van der Waals surface area contributed by atoms with E-state index >= 15 is 0 Å². The second-order valence-electron chi connectivity index (χ2n) is 6.36. The number of rotatable bonds is 5. The number of halogens is 5. The molecule has 0 unspecified atom stereocenters. The quantitative estimate of drug-likeness (QED) is 0.682. The number of benzene rings is 1. The van der Waals surface area contributed by atoms with E-state index < -0.39 is 46.4 Å². The van der Waals surface area contributed by atoms with Gasteiger partial charge in [0, 0.05) is 32.4 Å². The fraction of sp³-hybridized carbons (Fsp3) is 0.389. The molecule has 1 aromatic heterocycles. The molecule has 2 N–H and O–H groups in total. The minimum atomic E-state index is -4.70. The molecule has 0 aliphatic carbocycles. The number of carbonyl (C=O) groups is 1. The Morgan fingerprint density at radius 3 is 2.52 bits per heavy atom. The molecule has 1 aliphatic rings. The molecule has 168 valence electrons. The molecular weight excluding hydrogens is 429 g/mol. The molecule has 0 bridgehead atoms. The highest BCUT2D eigenvalue weighted by atomic mass is 19.4. The third-order valence-corrected chi connectivity index (χ3v) is 4.47. The Kier molecular flexibility index (Phi) is 6.43. The predicted octanol–water partition coefficient (Wildman–Crippen LogP) is 3.04. The minimum Gasteiger partial charge on any atom is -0.492 e. The zero-order valence-electron chi connectivity index (χ0n) is 16.4. The monoisotopic (exact) mass is 447 g/mol. The lowest BCUT2D eigenvalue weighted by Gasteiger charge is -2.27. The lowest BCUT2D eigenvalue weighted by Crippen LogP contribution is -2.41. The van der Waals surface area contributed by atoms with Crippen LogP contribution in [-0.2, 0) is 10.9 Å². The summed E-state index contributed by atoms with van der Waals surface area (Å²) in [6.45, 7) is 0.827. The van der Waals surface area contributed by atoms with E-state index in [1.807, 2.05) is 0 Å². The summed E-state index contributed by atoms with van der Waals surface area (Å²) in [5.74, 6) is -4.75. The average molecular weight is 447 g/mol. The SMILES string of the molecule is CNc1nc(Nc2cc(F)c(C(=O)N3CCOCC3)c(F)c2OC)ncc1C(F)(F)F. The lowest BCUT2D eigenvalue weighted by atomic mass is 10.1. The Morgan fingerprint density at radius 2 is 1.94 bits per heavy atom. The molecule has 0 saturated carbocycles. The number of carbonyl (C=O) groups excluding carboxylic acids is 1. The van der Waals surface area contributed by atoms with E-state index in [0.29, 0.717) is 6.20 Å². The summed E-state index contributed by atoms with van der Waals surface area (Å²) in [6.07, 6.45) is -4.18. The summed E-state index contributed by atoms with van der Waals surface area (Å²) in [4.78, 5) is 21.0. The number of ether oxygens (including phenoxy) is 2. The van der Waals surface area contributed by atoms with Gasteiger partial charge in [-0.15, -0.1) is 0 Å². The van der Waals surface area contributed by atoms with Crippen LogP contribution in [0.15, 0.2) is 12.3 Å². The number of hydrogen-bond donors (Lipinski definition) is 2. The molecule has 13 heteroatoms. The van der Waals surface area contributed by atoms with E-state index in [0.717, 1.165) is 13.2 Å². The number of nitrogens with zero attached hydrogens (tertiary/aromatic N) is 3. The number of morpholine rings is 1. The molecule has 2 aromatic rings. The average Bonchev–Trinajstić information content (AvgIpc) is 2.73. The molecule has 1 amide bonds. The number of aromatic nitrogens is 2. The van der Waals surface area contributed by atoms with Crippen LogP contribution in [0.3, 0.4) is 0 Å². The number of amides is 1. The van der Waals surface area contributed by atoms with Crippen molar-refractivity contribution >= 4 is 23.4 Å². The summed E-state index contributed by atoms with van der Waals surface area (Å²) in [5, 5.41) is 4.71. The van der Waals surface area contributed by atoms with Crippen molar-refractivity contribution in [2.45, 2.75) is 6.18 Å². The molecule has 0 spiro atoms. The van der Waals surface area contributed by atoms with Gasteiger partial charge in [0.2, 0.25) is 5.95 Å². The topological polar surface area (TPSA) is 88.6 Å². The lowest BCUT2D eigenvalue weighted by molar-refractivity contribution is -0.137. The predicted molar refractivity (Wildman–Crippen MR) is 99.5 cm³/mol. The number of nitrogens with one attached hydrogen (secondary N) is 2. The van der Waals surface area contributed by atoms with Gasteiger partial charge in [0.25, 0.3) is 5.91 Å². The van der Waals surface area contributed by atoms with E-state index in [1.54, 1.807) is 0 Å². The number of hydrogen-bond acceptors (Lipinski definition) is 7. The van der Waals surface area contributed by atoms with Crippen LogP contribution >= 0.6 is 0 Å². The Morgan fingerprint density at radius 1 is 1.26 bits per heavy atom. The van der Waals surface area contributed by atoms with Gasteiger partial charge in [-0.3, -0.25) is 4.79 Å². The van der Waals surface area contributed by atoms with Crippen molar-refractivity contribution in [3.63, 3.8) is 0 Å². The Bertz CT molecular complexity index is 980. The van der Waals surface area contributed by atoms with Crippen LogP contribution in [0.2, 0.25) is 0 Å². The van der Waals surface area contributed by atoms with Crippen molar-refractivity contribution in [3.8, 4) is 5.75 Å². The van der Waals surface area contributed by atoms with E-state index in [1.165, 1.54) is 11.9 Å². The highest BCUT2D eigenvalue weighted by Gasteiger charge is 2.35. The van der Waals surface area contributed by atoms with Gasteiger partial charge in [-0.25, -0.2) is 13.8 Å². The maximum Gasteiger partial charge on any atom is 0.421 e. The van der Waals surface area contributed by atoms with Gasteiger partial charge in [-0.1, -0.05) is 0 Å². The molecular formula is C18H18F5N5O3. The van der Waals surface area contributed by atoms with Crippen LogP contribution < -0.4 is 15.4 Å². The molecule has 1 fully saturated rings. The molecule has 3 rings (SSSR count). The molecule has 0 radical (unpaired) electrons. The third-order valence-electron chi connectivity index (χ3n) is 4.47. The Balaban J connectivity index is 1.96. The van der Waals surface area contributed by atoms with Crippen molar-refractivity contribution in [2.75, 3.05) is 51.1 Å². The second-order valence-corrected chi connectivity index (χ2v) is 6.36. The largest absolute Gasteiger partial charge is 0.492 e. The van der Waals surface area contributed by atoms with E-state index in [9.17, 15) is 26.7 Å². The molecule has 1 aliphatic heterocycles. The van der Waals surface area contributed by atoms with Gasteiger partial charge < -0.3 is 25.0 Å². The molecule has 0 atom stereocenters. The summed E-state index contributed by atoms with van der Waals surface area (Å²) in [7, 11) is 2.32. The fourth-order valence-electron chi connectivity index (χ4n) is 2.97. The normalized spacial score (nSPS) is 14.4. The molecule has 1 aromatic carbocycles. The van der Waals surface area contributed by atoms with Gasteiger partial charge in [-0.05, 0) is 0 Å². The maximum atomic E-state index is 15.0. The maximum absolute atomic E-state index is 15.0. The van der Waals surface area contributed by atoms with Crippen LogP contribution in [0.4, 0.5) is 39.4 Å². The van der Waals surface area contributed by atoms with Gasteiger partial charge in [0.1, 0.15) is 22.8 Å². The van der Waals surface area contributed by atoms with Gasteiger partial charge in [0.05, 0.1) is 26.0 Å². The first kappa shape index (κ1) is 22.5. The van der Waals surface area contributed by atoms with Crippen molar-refractivity contribution < 1.29 is 36.2 Å². The van der Waals surface area contributed by atoms with Gasteiger partial charge in [-0.2, -0.15) is 18.2 Å². The first-order chi connectivity index (χ1) is 14.7. The smallest absolute Gasteiger partial charge is 0.421 e. The second kappa shape index (κ2) is 8.88. The number of anilines is 3. The molecule has 1 saturated heterocycles. The Hall–Kier alpha value is -3.22. The highest BCUT2D eigenvalue weighted by molar-refractivity contribution is 5.96. The molecule has 31 heavy (non-hydrogen) atoms. The van der Waals surface area contributed by atoms with Crippen LogP contribution in [0.1, 0.15) is 15.9 Å². The van der Waals surface area contributed by atoms with E-state index in [2.05, 4.69) is 20.6 Å². The first-order valence-electron chi connectivity index (χ1n) is 8.99. The zero-order valence-corrected chi connectivity index (χ0v) is 16.4. The van der Waals surface area contributed by atoms with Crippen molar-refractivity contribution in [3.05, 3.63) is 35.0 Å².